The van der Waals surface area contributed by atoms with Crippen molar-refractivity contribution in [1.82, 2.24) is 4.98 Å². The van der Waals surface area contributed by atoms with Crippen LogP contribution in [0.15, 0.2) is 34.1 Å². The number of fused-ring (bicyclic) bond motifs is 1. The number of furan rings is 1. The molecular weight excluding hydrogens is 318 g/mol. The molecule has 0 aliphatic heterocycles. The number of pyridine rings is 1. The van der Waals surface area contributed by atoms with Crippen molar-refractivity contribution >= 4 is 22.4 Å². The summed E-state index contributed by atoms with van der Waals surface area (Å²) in [7, 11) is 0. The average Bonchev–Trinajstić information content (AvgIpc) is 3.20. The first-order chi connectivity index (χ1) is 11.5. The number of nitrogens with zero attached hydrogens (tertiary/aromatic N) is 1. The van der Waals surface area contributed by atoms with Gasteiger partial charge in [-0.2, -0.15) is 0 Å². The second kappa shape index (κ2) is 6.98. The molecule has 0 radical (unpaired) electrons. The number of hydrogen-bond donors (Lipinski definition) is 1. The lowest BCUT2D eigenvalue weighted by molar-refractivity contribution is 0.427. The van der Waals surface area contributed by atoms with Crippen LogP contribution in [0.2, 0.25) is 0 Å². The van der Waals surface area contributed by atoms with Crippen molar-refractivity contribution in [3.8, 4) is 16.4 Å². The van der Waals surface area contributed by atoms with Gasteiger partial charge in [-0.1, -0.05) is 52.5 Å². The van der Waals surface area contributed by atoms with Crippen LogP contribution in [-0.2, 0) is 5.41 Å². The summed E-state index contributed by atoms with van der Waals surface area (Å²) in [5, 5.41) is 13.1. The van der Waals surface area contributed by atoms with E-state index in [1.54, 1.807) is 17.4 Å². The lowest BCUT2D eigenvalue weighted by Gasteiger charge is -2.24. The van der Waals surface area contributed by atoms with Crippen molar-refractivity contribution in [3.05, 3.63) is 35.3 Å². The van der Waals surface area contributed by atoms with Gasteiger partial charge in [-0.15, -0.1) is 11.3 Å². The first kappa shape index (κ1) is 17.0. The molecule has 0 unspecified atom stereocenters. The topological polar surface area (TPSA) is 46.3 Å². The zero-order chi connectivity index (χ0) is 17.2. The van der Waals surface area contributed by atoms with Gasteiger partial charge in [-0.05, 0) is 23.9 Å². The van der Waals surface area contributed by atoms with Crippen LogP contribution in [-0.4, -0.2) is 10.1 Å². The molecule has 3 aromatic heterocycles. The van der Waals surface area contributed by atoms with Crippen LogP contribution in [0, 0.1) is 0 Å². The Hall–Kier alpha value is -1.81. The van der Waals surface area contributed by atoms with E-state index >= 15 is 0 Å². The average molecular weight is 343 g/mol. The van der Waals surface area contributed by atoms with E-state index in [1.807, 2.05) is 23.6 Å². The molecule has 0 bridgehead atoms. The molecule has 0 spiro atoms. The molecule has 0 amide bonds. The first-order valence-electron chi connectivity index (χ1n) is 8.69. The van der Waals surface area contributed by atoms with Gasteiger partial charge in [-0.25, -0.2) is 4.98 Å². The van der Waals surface area contributed by atoms with Crippen LogP contribution in [0.5, 0.6) is 5.75 Å². The number of aromatic hydroxyl groups is 1. The molecule has 4 heteroatoms. The summed E-state index contributed by atoms with van der Waals surface area (Å²) in [5.41, 5.74) is 1.35. The molecule has 3 nitrogen and oxygen atoms in total. The summed E-state index contributed by atoms with van der Waals surface area (Å²) in [6, 6.07) is 7.68. The fourth-order valence-corrected chi connectivity index (χ4v) is 3.68. The van der Waals surface area contributed by atoms with E-state index < -0.39 is 0 Å². The third-order valence-corrected chi connectivity index (χ3v) is 5.48. The Kier molecular flexibility index (Phi) is 4.95. The fraction of sp³-hybridized carbons (Fsp3) is 0.450. The summed E-state index contributed by atoms with van der Waals surface area (Å²) in [6.07, 6.45) is 6.00. The minimum absolute atomic E-state index is 0.0741. The van der Waals surface area contributed by atoms with Crippen molar-refractivity contribution in [1.29, 1.82) is 0 Å². The molecule has 3 aromatic rings. The standard InChI is InChI=1S/C20H25NO2S/c1-4-5-6-7-10-20(2,3)18-13-15(22)14-12-16(23-19(14)21-18)17-9-8-11-24-17/h8-9,11-13H,4-7,10H2,1-3H3,(H,21,22). The van der Waals surface area contributed by atoms with Gasteiger partial charge in [0.15, 0.2) is 0 Å². The summed E-state index contributed by atoms with van der Waals surface area (Å²) < 4.78 is 5.91. The van der Waals surface area contributed by atoms with Gasteiger partial charge in [0.05, 0.1) is 16.0 Å². The third kappa shape index (κ3) is 3.48. The van der Waals surface area contributed by atoms with E-state index in [0.717, 1.165) is 22.8 Å². The van der Waals surface area contributed by atoms with Crippen molar-refractivity contribution < 1.29 is 9.52 Å². The zero-order valence-electron chi connectivity index (χ0n) is 14.6. The SMILES string of the molecule is CCCCCCC(C)(C)c1cc(O)c2cc(-c3cccs3)oc2n1. The fourth-order valence-electron chi connectivity index (χ4n) is 3.01. The van der Waals surface area contributed by atoms with Crippen molar-refractivity contribution in [2.24, 2.45) is 0 Å². The quantitative estimate of drug-likeness (QED) is 0.497. The Bertz CT molecular complexity index is 803. The maximum absolute atomic E-state index is 10.4. The summed E-state index contributed by atoms with van der Waals surface area (Å²) in [5.74, 6) is 1.02. The van der Waals surface area contributed by atoms with E-state index in [-0.39, 0.29) is 11.2 Å². The van der Waals surface area contributed by atoms with Gasteiger partial charge in [-0.3, -0.25) is 0 Å². The molecule has 0 aromatic carbocycles. The highest BCUT2D eigenvalue weighted by molar-refractivity contribution is 7.13. The monoisotopic (exact) mass is 343 g/mol. The van der Waals surface area contributed by atoms with E-state index in [1.165, 1.54) is 25.7 Å². The van der Waals surface area contributed by atoms with Gasteiger partial charge < -0.3 is 9.52 Å². The summed E-state index contributed by atoms with van der Waals surface area (Å²) in [6.45, 7) is 6.60. The molecule has 0 fully saturated rings. The number of thiophene rings is 1. The number of hydrogen-bond acceptors (Lipinski definition) is 4. The Morgan fingerprint density at radius 1 is 1.21 bits per heavy atom. The highest BCUT2D eigenvalue weighted by Crippen LogP contribution is 2.37. The van der Waals surface area contributed by atoms with Crippen molar-refractivity contribution in [2.75, 3.05) is 0 Å². The predicted molar refractivity (Wildman–Crippen MR) is 101 cm³/mol. The highest BCUT2D eigenvalue weighted by Gasteiger charge is 2.24. The minimum Gasteiger partial charge on any atom is -0.507 e. The Balaban J connectivity index is 1.89. The van der Waals surface area contributed by atoms with E-state index in [4.69, 9.17) is 9.40 Å². The number of rotatable bonds is 7. The highest BCUT2D eigenvalue weighted by atomic mass is 32.1. The number of unbranched alkanes of at least 4 members (excludes halogenated alkanes) is 3. The molecule has 3 rings (SSSR count). The predicted octanol–water partition coefficient (Wildman–Crippen LogP) is 6.51. The lowest BCUT2D eigenvalue weighted by Crippen LogP contribution is -2.18. The molecule has 0 aliphatic carbocycles. The second-order valence-corrected chi connectivity index (χ2v) is 7.98. The molecule has 3 heterocycles. The zero-order valence-corrected chi connectivity index (χ0v) is 15.4. The van der Waals surface area contributed by atoms with Crippen LogP contribution in [0.3, 0.4) is 0 Å². The summed E-state index contributed by atoms with van der Waals surface area (Å²) in [4.78, 5) is 5.76. The lowest BCUT2D eigenvalue weighted by atomic mass is 9.83. The van der Waals surface area contributed by atoms with Gasteiger partial charge in [0.1, 0.15) is 11.5 Å². The van der Waals surface area contributed by atoms with Crippen molar-refractivity contribution in [3.63, 3.8) is 0 Å². The van der Waals surface area contributed by atoms with Gasteiger partial charge in [0, 0.05) is 11.5 Å². The Labute approximate surface area is 147 Å². The maximum Gasteiger partial charge on any atom is 0.230 e. The van der Waals surface area contributed by atoms with Gasteiger partial charge in [0.25, 0.3) is 0 Å². The molecule has 0 aliphatic rings. The molecule has 0 saturated carbocycles. The van der Waals surface area contributed by atoms with Crippen molar-refractivity contribution in [2.45, 2.75) is 58.3 Å². The minimum atomic E-state index is -0.0741. The maximum atomic E-state index is 10.4. The summed E-state index contributed by atoms with van der Waals surface area (Å²) >= 11 is 1.62. The molecule has 0 saturated heterocycles. The van der Waals surface area contributed by atoms with E-state index in [0.29, 0.717) is 11.1 Å². The smallest absolute Gasteiger partial charge is 0.230 e. The van der Waals surface area contributed by atoms with Crippen LogP contribution in [0.25, 0.3) is 21.7 Å². The van der Waals surface area contributed by atoms with E-state index in [2.05, 4.69) is 20.8 Å². The number of aromatic nitrogens is 1. The normalized spacial score (nSPS) is 12.1. The van der Waals surface area contributed by atoms with Crippen LogP contribution >= 0.6 is 11.3 Å². The molecule has 0 atom stereocenters. The van der Waals surface area contributed by atoms with E-state index in [9.17, 15) is 5.11 Å². The third-order valence-electron chi connectivity index (χ3n) is 4.60. The van der Waals surface area contributed by atoms with Crippen LogP contribution in [0.4, 0.5) is 0 Å². The Morgan fingerprint density at radius 2 is 2.04 bits per heavy atom. The van der Waals surface area contributed by atoms with Crippen LogP contribution < -0.4 is 0 Å². The first-order valence-corrected chi connectivity index (χ1v) is 9.57. The molecular formula is C20H25NO2S. The molecule has 128 valence electrons. The second-order valence-electron chi connectivity index (χ2n) is 7.03. The van der Waals surface area contributed by atoms with Crippen LogP contribution in [0.1, 0.15) is 58.6 Å². The molecule has 1 N–H and O–H groups in total. The largest absolute Gasteiger partial charge is 0.507 e. The van der Waals surface area contributed by atoms with Gasteiger partial charge >= 0.3 is 0 Å². The van der Waals surface area contributed by atoms with Gasteiger partial charge in [0.2, 0.25) is 5.71 Å². The Morgan fingerprint density at radius 3 is 2.75 bits per heavy atom. The molecule has 24 heavy (non-hydrogen) atoms.